The molecule has 0 heterocycles. The molecule has 0 aliphatic carbocycles. The zero-order valence-corrected chi connectivity index (χ0v) is 19.6. The minimum absolute atomic E-state index is 0.0699. The molecule has 0 spiro atoms. The molecule has 4 rings (SSSR count). The van der Waals surface area contributed by atoms with E-state index in [0.717, 1.165) is 24.2 Å². The minimum Gasteiger partial charge on any atom is -0.399 e. The molecule has 0 radical (unpaired) electrons. The number of hydrogen-bond donors (Lipinski definition) is 3. The van der Waals surface area contributed by atoms with Gasteiger partial charge in [0.05, 0.1) is 0 Å². The van der Waals surface area contributed by atoms with E-state index >= 15 is 0 Å². The van der Waals surface area contributed by atoms with E-state index in [0.29, 0.717) is 17.8 Å². The third kappa shape index (κ3) is 5.66. The third-order valence-corrected chi connectivity index (χ3v) is 6.45. The quantitative estimate of drug-likeness (QED) is 0.291. The number of nitrogens with two attached hydrogens (primary N) is 2. The summed E-state index contributed by atoms with van der Waals surface area (Å²) < 4.78 is 0. The molecule has 4 aromatic rings. The van der Waals surface area contributed by atoms with E-state index in [-0.39, 0.29) is 6.04 Å². The molecule has 0 amide bonds. The Morgan fingerprint density at radius 3 is 1.41 bits per heavy atom. The molecule has 0 unspecified atom stereocenters. The standard InChI is InChI=1S/C30H33N3O/c1-23(33(21-24-8-4-2-5-9-24)22-25-10-6-3-7-11-25)20-30(34,26-12-16-28(31)17-13-26)27-14-18-29(32)19-15-27/h2-19,23,34H,20-22,31-32H2,1H3/t23-/m0/s1. The number of nitrogens with zero attached hydrogens (tertiary/aromatic N) is 1. The number of hydrogen-bond acceptors (Lipinski definition) is 4. The maximum absolute atomic E-state index is 12.2. The summed E-state index contributed by atoms with van der Waals surface area (Å²) in [6.07, 6.45) is 0.514. The van der Waals surface area contributed by atoms with Crippen LogP contribution in [0.3, 0.4) is 0 Å². The van der Waals surface area contributed by atoms with Crippen molar-refractivity contribution < 1.29 is 5.11 Å². The highest BCUT2D eigenvalue weighted by Gasteiger charge is 2.35. The smallest absolute Gasteiger partial charge is 0.116 e. The predicted octanol–water partition coefficient (Wildman–Crippen LogP) is 5.57. The van der Waals surface area contributed by atoms with Gasteiger partial charge in [0.1, 0.15) is 5.60 Å². The van der Waals surface area contributed by atoms with E-state index in [1.54, 1.807) is 0 Å². The molecule has 0 aromatic heterocycles. The zero-order valence-electron chi connectivity index (χ0n) is 19.6. The minimum atomic E-state index is -1.19. The fraction of sp³-hybridized carbons (Fsp3) is 0.200. The van der Waals surface area contributed by atoms with Crippen molar-refractivity contribution in [3.05, 3.63) is 131 Å². The van der Waals surface area contributed by atoms with Crippen molar-refractivity contribution in [1.29, 1.82) is 0 Å². The highest BCUT2D eigenvalue weighted by atomic mass is 16.3. The SMILES string of the molecule is C[C@@H](CC(O)(c1ccc(N)cc1)c1ccc(N)cc1)N(Cc1ccccc1)Cc1ccccc1. The van der Waals surface area contributed by atoms with Crippen LogP contribution >= 0.6 is 0 Å². The van der Waals surface area contributed by atoms with Crippen LogP contribution in [0.15, 0.2) is 109 Å². The first-order valence-electron chi connectivity index (χ1n) is 11.7. The summed E-state index contributed by atoms with van der Waals surface area (Å²) in [6.45, 7) is 3.76. The number of aliphatic hydroxyl groups is 1. The first kappa shape index (κ1) is 23.6. The lowest BCUT2D eigenvalue weighted by atomic mass is 9.81. The summed E-state index contributed by atoms with van der Waals surface area (Å²) in [5.74, 6) is 0. The molecule has 0 bridgehead atoms. The molecule has 0 aliphatic rings. The third-order valence-electron chi connectivity index (χ3n) is 6.45. The lowest BCUT2D eigenvalue weighted by molar-refractivity contribution is 0.0325. The Balaban J connectivity index is 1.68. The summed E-state index contributed by atoms with van der Waals surface area (Å²) in [6, 6.07) is 36.0. The van der Waals surface area contributed by atoms with Crippen molar-refractivity contribution in [3.8, 4) is 0 Å². The molecule has 0 saturated carbocycles. The van der Waals surface area contributed by atoms with Gasteiger partial charge >= 0.3 is 0 Å². The van der Waals surface area contributed by atoms with Gasteiger partial charge in [-0.3, -0.25) is 4.90 Å². The van der Waals surface area contributed by atoms with Crippen molar-refractivity contribution in [3.63, 3.8) is 0 Å². The first-order chi connectivity index (χ1) is 16.4. The van der Waals surface area contributed by atoms with Crippen LogP contribution in [0.5, 0.6) is 0 Å². The van der Waals surface area contributed by atoms with E-state index < -0.39 is 5.60 Å². The highest BCUT2D eigenvalue weighted by molar-refractivity contribution is 5.47. The van der Waals surface area contributed by atoms with Crippen molar-refractivity contribution in [2.75, 3.05) is 11.5 Å². The van der Waals surface area contributed by atoms with E-state index in [2.05, 4.69) is 60.4 Å². The Kier molecular flexibility index (Phi) is 7.31. The molecule has 0 fully saturated rings. The molecule has 174 valence electrons. The van der Waals surface area contributed by atoms with Gasteiger partial charge in [0.2, 0.25) is 0 Å². The maximum atomic E-state index is 12.2. The van der Waals surface area contributed by atoms with Gasteiger partial charge < -0.3 is 16.6 Å². The van der Waals surface area contributed by atoms with Crippen LogP contribution in [0, 0.1) is 0 Å². The van der Waals surface area contributed by atoms with Gasteiger partial charge in [-0.2, -0.15) is 0 Å². The molecule has 34 heavy (non-hydrogen) atoms. The molecule has 4 aromatic carbocycles. The van der Waals surface area contributed by atoms with Gasteiger partial charge in [0.25, 0.3) is 0 Å². The average Bonchev–Trinajstić information content (AvgIpc) is 2.85. The van der Waals surface area contributed by atoms with E-state index in [4.69, 9.17) is 11.5 Å². The van der Waals surface area contributed by atoms with Gasteiger partial charge in [-0.15, -0.1) is 0 Å². The van der Waals surface area contributed by atoms with Crippen LogP contribution in [0.4, 0.5) is 11.4 Å². The summed E-state index contributed by atoms with van der Waals surface area (Å²) >= 11 is 0. The van der Waals surface area contributed by atoms with Crippen molar-refractivity contribution in [1.82, 2.24) is 4.90 Å². The second-order valence-electron chi connectivity index (χ2n) is 9.03. The normalized spacial score (nSPS) is 12.6. The van der Waals surface area contributed by atoms with Gasteiger partial charge in [-0.1, -0.05) is 84.9 Å². The Morgan fingerprint density at radius 2 is 1.03 bits per heavy atom. The van der Waals surface area contributed by atoms with Crippen LogP contribution < -0.4 is 11.5 Å². The Bertz CT molecular complexity index is 1070. The fourth-order valence-electron chi connectivity index (χ4n) is 4.48. The number of rotatable bonds is 9. The summed E-state index contributed by atoms with van der Waals surface area (Å²) in [5, 5.41) is 12.2. The molecule has 1 atom stereocenters. The molecule has 4 heteroatoms. The number of benzene rings is 4. The van der Waals surface area contributed by atoms with E-state index in [1.165, 1.54) is 11.1 Å². The van der Waals surface area contributed by atoms with Crippen LogP contribution in [0.1, 0.15) is 35.6 Å². The second kappa shape index (κ2) is 10.6. The van der Waals surface area contributed by atoms with Crippen LogP contribution in [-0.2, 0) is 18.7 Å². The van der Waals surface area contributed by atoms with Gasteiger partial charge in [0, 0.05) is 30.5 Å². The monoisotopic (exact) mass is 451 g/mol. The van der Waals surface area contributed by atoms with Crippen molar-refractivity contribution in [2.24, 2.45) is 0 Å². The molecule has 0 saturated heterocycles. The zero-order chi connectivity index (χ0) is 24.0. The Hall–Kier alpha value is -3.60. The molecule has 4 nitrogen and oxygen atoms in total. The lowest BCUT2D eigenvalue weighted by Crippen LogP contribution is -2.40. The van der Waals surface area contributed by atoms with Crippen LogP contribution in [0.25, 0.3) is 0 Å². The van der Waals surface area contributed by atoms with Crippen LogP contribution in [-0.4, -0.2) is 16.0 Å². The van der Waals surface area contributed by atoms with Gasteiger partial charge in [-0.05, 0) is 59.9 Å². The molecular formula is C30H33N3O. The molecular weight excluding hydrogens is 418 g/mol. The Labute approximate surface area is 202 Å². The highest BCUT2D eigenvalue weighted by Crippen LogP contribution is 2.36. The average molecular weight is 452 g/mol. The van der Waals surface area contributed by atoms with Gasteiger partial charge in [-0.25, -0.2) is 0 Å². The summed E-state index contributed by atoms with van der Waals surface area (Å²) in [5.41, 5.74) is 16.2. The predicted molar refractivity (Wildman–Crippen MR) is 141 cm³/mol. The summed E-state index contributed by atoms with van der Waals surface area (Å²) in [4.78, 5) is 2.42. The maximum Gasteiger partial charge on any atom is 0.116 e. The lowest BCUT2D eigenvalue weighted by Gasteiger charge is -2.37. The topological polar surface area (TPSA) is 75.5 Å². The van der Waals surface area contributed by atoms with Crippen molar-refractivity contribution in [2.45, 2.75) is 38.1 Å². The number of nitrogen functional groups attached to an aromatic ring is 2. The van der Waals surface area contributed by atoms with E-state index in [1.807, 2.05) is 60.7 Å². The molecule has 0 aliphatic heterocycles. The van der Waals surface area contributed by atoms with E-state index in [9.17, 15) is 5.11 Å². The second-order valence-corrected chi connectivity index (χ2v) is 9.03. The first-order valence-corrected chi connectivity index (χ1v) is 11.7. The number of anilines is 2. The van der Waals surface area contributed by atoms with Gasteiger partial charge in [0.15, 0.2) is 0 Å². The van der Waals surface area contributed by atoms with Crippen molar-refractivity contribution >= 4 is 11.4 Å². The molecule has 5 N–H and O–H groups in total. The van der Waals surface area contributed by atoms with Crippen LogP contribution in [0.2, 0.25) is 0 Å². The largest absolute Gasteiger partial charge is 0.399 e. The Morgan fingerprint density at radius 1 is 0.647 bits per heavy atom. The summed E-state index contributed by atoms with van der Waals surface area (Å²) in [7, 11) is 0. The fourth-order valence-corrected chi connectivity index (χ4v) is 4.48.